The fourth-order valence-electron chi connectivity index (χ4n) is 20.2. The van der Waals surface area contributed by atoms with Gasteiger partial charge in [-0.15, -0.1) is 0 Å². The molecule has 26 rings (SSSR count). The lowest BCUT2D eigenvalue weighted by atomic mass is 10.0. The maximum Gasteiger partial charge on any atom is 0.238 e. The van der Waals surface area contributed by atoms with Gasteiger partial charge in [0.05, 0.1) is 66.2 Å². The number of benzene rings is 16. The van der Waals surface area contributed by atoms with Crippen LogP contribution in [0.25, 0.3) is 178 Å². The van der Waals surface area contributed by atoms with Crippen LogP contribution in [0, 0.1) is 0 Å². The maximum atomic E-state index is 7.21. The van der Waals surface area contributed by atoms with E-state index in [4.69, 9.17) is 38.7 Å². The Labute approximate surface area is 697 Å². The maximum absolute atomic E-state index is 7.21. The zero-order valence-electron chi connectivity index (χ0n) is 65.3. The van der Waals surface area contributed by atoms with Gasteiger partial charge in [0.1, 0.15) is 34.0 Å². The highest BCUT2D eigenvalue weighted by atomic mass is 28.3. The number of hydrogen-bond donors (Lipinski definition) is 0. The van der Waals surface area contributed by atoms with Crippen LogP contribution in [0.15, 0.2) is 409 Å². The monoisotopic (exact) mass is 1590 g/mol. The van der Waals surface area contributed by atoms with Gasteiger partial charge in [-0.2, -0.15) is 9.97 Å². The first-order chi connectivity index (χ1) is 60.5. The van der Waals surface area contributed by atoms with E-state index in [1.807, 2.05) is 12.1 Å². The van der Waals surface area contributed by atoms with Crippen molar-refractivity contribution in [2.75, 3.05) is 0 Å². The molecule has 0 aliphatic heterocycles. The Hall–Kier alpha value is -16.1. The van der Waals surface area contributed by atoms with E-state index in [1.165, 1.54) is 0 Å². The molecule has 10 heterocycles. The molecule has 10 aromatic heterocycles. The van der Waals surface area contributed by atoms with Crippen LogP contribution in [-0.2, 0) is 0 Å². The van der Waals surface area contributed by atoms with Gasteiger partial charge in [-0.05, 0) is 139 Å². The average molecular weight is 1600 g/mol. The Kier molecular flexibility index (Phi) is 14.6. The van der Waals surface area contributed by atoms with Crippen LogP contribution >= 0.6 is 0 Å². The van der Waals surface area contributed by atoms with E-state index in [0.717, 1.165) is 196 Å². The first-order valence-corrected chi connectivity index (χ1v) is 45.2. The summed E-state index contributed by atoms with van der Waals surface area (Å²) < 4.78 is 28.0. The highest BCUT2D eigenvalue weighted by molar-refractivity contribution is 7.21. The molecule has 0 aliphatic rings. The first-order valence-electron chi connectivity index (χ1n) is 41.2. The number of fused-ring (bicyclic) bond motifs is 22. The smallest absolute Gasteiger partial charge is 0.238 e. The number of aromatic nitrogens is 12. The van der Waals surface area contributed by atoms with Gasteiger partial charge in [0.15, 0.2) is 0 Å². The summed E-state index contributed by atoms with van der Waals surface area (Å²) in [5.41, 5.74) is 16.8. The fraction of sp³-hybridized carbons (Fsp3) is 0. The summed E-state index contributed by atoms with van der Waals surface area (Å²) in [5.74, 6) is 3.77. The van der Waals surface area contributed by atoms with Gasteiger partial charge < -0.3 is 8.83 Å². The zero-order chi connectivity index (χ0) is 79.9. The highest BCUT2D eigenvalue weighted by Gasteiger charge is 2.48. The Morgan fingerprint density at radius 2 is 0.574 bits per heavy atom. The summed E-state index contributed by atoms with van der Waals surface area (Å²) in [6.45, 7) is 0. The van der Waals surface area contributed by atoms with Gasteiger partial charge in [-0.25, -0.2) is 24.5 Å². The van der Waals surface area contributed by atoms with Crippen molar-refractivity contribution in [3.8, 4) is 34.7 Å². The van der Waals surface area contributed by atoms with Crippen molar-refractivity contribution in [3.63, 3.8) is 0 Å². The summed E-state index contributed by atoms with van der Waals surface area (Å²) in [6.07, 6.45) is 0. The third kappa shape index (κ3) is 9.63. The third-order valence-electron chi connectivity index (χ3n) is 25.4. The summed E-state index contributed by atoms with van der Waals surface area (Å²) in [4.78, 5) is 35.2. The van der Waals surface area contributed by atoms with Crippen molar-refractivity contribution in [2.45, 2.75) is 0 Å². The number of para-hydroxylation sites is 13. The van der Waals surface area contributed by atoms with Crippen LogP contribution in [0.2, 0.25) is 0 Å². The second kappa shape index (κ2) is 26.2. The van der Waals surface area contributed by atoms with Crippen LogP contribution in [0.1, 0.15) is 0 Å². The molecule has 0 unspecified atom stereocenters. The molecule has 0 saturated heterocycles. The Bertz CT molecular complexity index is 8690. The topological polar surface area (TPSA) is 132 Å². The molecule has 0 radical (unpaired) electrons. The van der Waals surface area contributed by atoms with Gasteiger partial charge in [-0.3, -0.25) is 22.5 Å². The number of hydrogen-bond acceptors (Lipinski definition) is 8. The molecule has 0 aliphatic carbocycles. The Morgan fingerprint density at radius 1 is 0.213 bits per heavy atom. The second-order valence-corrected chi connectivity index (χ2v) is 39.0. The van der Waals surface area contributed by atoms with E-state index < -0.39 is 16.1 Å². The molecular formula is C106H66N12O2Si2. The molecular weight excluding hydrogens is 1530 g/mol. The van der Waals surface area contributed by atoms with Gasteiger partial charge in [0.25, 0.3) is 0 Å². The molecule has 0 bridgehead atoms. The standard InChI is InChI=1S/C106H66N12O2Si2/c1-5-31-69(32-6-1)121(70-33-7-2-8-34-70,95-57-29-44-78-76-42-16-27-55-93(76)119-101(78)95)99-65-97(109-103(111-99)114-84-48-20-13-39-73(84)74-40-14-21-49-85(74)114)113-83-47-19-15-41-75(83)80-63-67(60-62-86(80)113)68-59-61-82-92(64-68)116-89-52-24-26-54-91(89)118(106(116)108-82)104-110-98(117-90-53-25-23-51-88(90)115-87-50-22-18-46-81(87)107-105(115)117)66-100(112-104)122(71-35-9-3-10-36-71,72-37-11-4-12-38-72)96-58-30-45-79-77-43-17-28-56-94(77)120-102(79)96/h1-66H. The molecule has 14 nitrogen and oxygen atoms in total. The summed E-state index contributed by atoms with van der Waals surface area (Å²) in [6, 6.07) is 144. The molecule has 16 aromatic carbocycles. The lowest BCUT2D eigenvalue weighted by Crippen LogP contribution is -2.75. The lowest BCUT2D eigenvalue weighted by molar-refractivity contribution is 0.671. The molecule has 0 fully saturated rings. The Balaban J connectivity index is 0.701. The predicted molar refractivity (Wildman–Crippen MR) is 500 cm³/mol. The van der Waals surface area contributed by atoms with E-state index >= 15 is 0 Å². The van der Waals surface area contributed by atoms with Gasteiger partial charge in [0, 0.05) is 59.8 Å². The zero-order valence-corrected chi connectivity index (χ0v) is 67.3. The summed E-state index contributed by atoms with van der Waals surface area (Å²) >= 11 is 0. The van der Waals surface area contributed by atoms with Crippen molar-refractivity contribution in [1.82, 2.24) is 57.0 Å². The molecule has 16 heteroatoms. The fourth-order valence-corrected chi connectivity index (χ4v) is 29.6. The molecule has 0 spiro atoms. The quantitative estimate of drug-likeness (QED) is 0.0823. The number of rotatable bonds is 13. The molecule has 0 saturated carbocycles. The molecule has 0 amide bonds. The molecule has 122 heavy (non-hydrogen) atoms. The predicted octanol–water partition coefficient (Wildman–Crippen LogP) is 19.2. The second-order valence-electron chi connectivity index (χ2n) is 31.6. The van der Waals surface area contributed by atoms with Crippen molar-refractivity contribution in [3.05, 3.63) is 400 Å². The first kappa shape index (κ1) is 68.0. The van der Waals surface area contributed by atoms with E-state index in [1.54, 1.807) is 0 Å². The summed E-state index contributed by atoms with van der Waals surface area (Å²) in [7, 11) is -7.28. The molecule has 570 valence electrons. The number of nitrogens with zero attached hydrogens (tertiary/aromatic N) is 12. The summed E-state index contributed by atoms with van der Waals surface area (Å²) in [5, 5.41) is 17.1. The van der Waals surface area contributed by atoms with Crippen molar-refractivity contribution in [2.24, 2.45) is 0 Å². The van der Waals surface area contributed by atoms with Crippen LogP contribution < -0.4 is 41.8 Å². The molecule has 0 N–H and O–H groups in total. The number of imidazole rings is 4. The largest absolute Gasteiger partial charge is 0.456 e. The van der Waals surface area contributed by atoms with Crippen molar-refractivity contribution < 1.29 is 8.83 Å². The molecule has 26 aromatic rings. The van der Waals surface area contributed by atoms with E-state index in [-0.39, 0.29) is 0 Å². The third-order valence-corrected chi connectivity index (χ3v) is 34.6. The average Bonchev–Trinajstić information content (AvgIpc) is 1.44. The van der Waals surface area contributed by atoms with E-state index in [0.29, 0.717) is 23.5 Å². The van der Waals surface area contributed by atoms with Crippen LogP contribution in [-0.4, -0.2) is 73.1 Å². The molecule has 0 atom stereocenters. The highest BCUT2D eigenvalue weighted by Crippen LogP contribution is 2.41. The van der Waals surface area contributed by atoms with Gasteiger partial charge in [0.2, 0.25) is 39.6 Å². The van der Waals surface area contributed by atoms with E-state index in [2.05, 4.69) is 415 Å². The minimum atomic E-state index is -3.68. The van der Waals surface area contributed by atoms with Crippen LogP contribution in [0.4, 0.5) is 0 Å². The SMILES string of the molecule is c1ccc([Si](c2ccccc2)(c2cc(-n3c4ccccc4c4cc(-c5ccc6nc7n(-c8nc(-n9c%10ccccc%10n%10c%11ccccc%11nc9%10)cc([Si](c9ccccc9)(c9ccccc9)c9cccc%10c9oc9ccccc9%10)n8)c8ccccc8n7c6c5)ccc43)nc(-n3c4ccccc4c4ccccc43)n2)c2cccc3c2oc2ccccc23)cc1. The lowest BCUT2D eigenvalue weighted by Gasteiger charge is -2.33. The van der Waals surface area contributed by atoms with E-state index in [9.17, 15) is 0 Å². The van der Waals surface area contributed by atoms with Gasteiger partial charge >= 0.3 is 0 Å². The normalized spacial score (nSPS) is 12.4. The Morgan fingerprint density at radius 3 is 1.10 bits per heavy atom. The minimum absolute atomic E-state index is 0.448. The van der Waals surface area contributed by atoms with Crippen molar-refractivity contribution in [1.29, 1.82) is 0 Å². The van der Waals surface area contributed by atoms with Crippen LogP contribution in [0.5, 0.6) is 0 Å². The van der Waals surface area contributed by atoms with Crippen LogP contribution in [0.3, 0.4) is 0 Å². The van der Waals surface area contributed by atoms with Gasteiger partial charge in [-0.1, -0.05) is 297 Å². The minimum Gasteiger partial charge on any atom is -0.456 e. The number of furan rings is 2. The van der Waals surface area contributed by atoms with Crippen molar-refractivity contribution >= 4 is 201 Å².